The molecule has 0 aliphatic carbocycles. The Hall–Kier alpha value is -0.810. The van der Waals surface area contributed by atoms with Crippen LogP contribution in [0.5, 0.6) is 0 Å². The Kier molecular flexibility index (Phi) is 2.60. The topological polar surface area (TPSA) is 12.9 Å². The summed E-state index contributed by atoms with van der Waals surface area (Å²) in [7, 11) is 0. The summed E-state index contributed by atoms with van der Waals surface area (Å²) in [4.78, 5) is 3.96. The molecule has 1 aromatic heterocycles. The van der Waals surface area contributed by atoms with Crippen molar-refractivity contribution in [2.24, 2.45) is 0 Å². The minimum atomic E-state index is -0.595. The molecule has 0 aliphatic heterocycles. The Morgan fingerprint density at radius 1 is 1.21 bits per heavy atom. The summed E-state index contributed by atoms with van der Waals surface area (Å²) in [6.45, 7) is 0. The van der Waals surface area contributed by atoms with Crippen molar-refractivity contribution in [1.82, 2.24) is 4.98 Å². The summed E-state index contributed by atoms with van der Waals surface area (Å²) in [5, 5.41) is 1.60. The van der Waals surface area contributed by atoms with Crippen LogP contribution < -0.4 is 0 Å². The van der Waals surface area contributed by atoms with Crippen molar-refractivity contribution >= 4 is 27.3 Å². The third-order valence-corrected chi connectivity index (χ3v) is 3.06. The first-order valence-electron chi connectivity index (χ1n) is 3.74. The van der Waals surface area contributed by atoms with Crippen LogP contribution >= 0.6 is 27.3 Å². The van der Waals surface area contributed by atoms with Crippen molar-refractivity contribution in [3.05, 3.63) is 39.1 Å². The third-order valence-electron chi connectivity index (χ3n) is 1.70. The smallest absolute Gasteiger partial charge is 0.159 e. The zero-order chi connectivity index (χ0) is 10.1. The molecule has 0 fully saturated rings. The summed E-state index contributed by atoms with van der Waals surface area (Å²) < 4.78 is 27.1. The molecule has 0 amide bonds. The van der Waals surface area contributed by atoms with E-state index in [0.717, 1.165) is 0 Å². The van der Waals surface area contributed by atoms with Gasteiger partial charge in [-0.05, 0) is 28.1 Å². The minimum absolute atomic E-state index is 0.0746. The number of aromatic nitrogens is 1. The average Bonchev–Trinajstić information content (AvgIpc) is 2.51. The predicted molar refractivity (Wildman–Crippen MR) is 55.2 cm³/mol. The van der Waals surface area contributed by atoms with Gasteiger partial charge in [0.05, 0.1) is 11.3 Å². The van der Waals surface area contributed by atoms with Gasteiger partial charge in [-0.1, -0.05) is 6.07 Å². The van der Waals surface area contributed by atoms with Crippen molar-refractivity contribution in [1.29, 1.82) is 0 Å². The normalized spacial score (nSPS) is 10.5. The molecule has 14 heavy (non-hydrogen) atoms. The van der Waals surface area contributed by atoms with Gasteiger partial charge in [-0.2, -0.15) is 0 Å². The van der Waals surface area contributed by atoms with Crippen LogP contribution in [0, 0.1) is 11.6 Å². The van der Waals surface area contributed by atoms with Crippen LogP contribution in [0.25, 0.3) is 11.3 Å². The molecule has 0 radical (unpaired) electrons. The maximum Gasteiger partial charge on any atom is 0.159 e. The number of benzene rings is 1. The van der Waals surface area contributed by atoms with E-state index in [9.17, 15) is 8.78 Å². The Bertz CT molecular complexity index is 449. The molecule has 5 heteroatoms. The zero-order valence-electron chi connectivity index (χ0n) is 6.80. The van der Waals surface area contributed by atoms with Crippen LogP contribution in [0.1, 0.15) is 0 Å². The lowest BCUT2D eigenvalue weighted by Gasteiger charge is -1.99. The first-order chi connectivity index (χ1) is 6.68. The molecule has 72 valence electrons. The highest BCUT2D eigenvalue weighted by atomic mass is 79.9. The molecular formula is C9H4BrF2NS. The van der Waals surface area contributed by atoms with Gasteiger partial charge in [0.2, 0.25) is 0 Å². The lowest BCUT2D eigenvalue weighted by Crippen LogP contribution is -1.89. The van der Waals surface area contributed by atoms with Crippen molar-refractivity contribution < 1.29 is 8.78 Å². The van der Waals surface area contributed by atoms with E-state index >= 15 is 0 Å². The molecule has 0 aliphatic rings. The number of thiazole rings is 1. The van der Waals surface area contributed by atoms with Crippen molar-refractivity contribution in [3.8, 4) is 11.3 Å². The SMILES string of the molecule is Fc1cccc(F)c1-c1csc(Br)n1. The number of hydrogen-bond acceptors (Lipinski definition) is 2. The maximum absolute atomic E-state index is 13.3. The molecular weight excluding hydrogens is 272 g/mol. The van der Waals surface area contributed by atoms with Gasteiger partial charge in [0.15, 0.2) is 3.92 Å². The molecule has 1 aromatic carbocycles. The highest BCUT2D eigenvalue weighted by molar-refractivity contribution is 9.11. The predicted octanol–water partition coefficient (Wildman–Crippen LogP) is 3.85. The Morgan fingerprint density at radius 3 is 2.36 bits per heavy atom. The van der Waals surface area contributed by atoms with Gasteiger partial charge >= 0.3 is 0 Å². The van der Waals surface area contributed by atoms with E-state index in [1.165, 1.54) is 29.5 Å². The maximum atomic E-state index is 13.3. The number of rotatable bonds is 1. The third kappa shape index (κ3) is 1.69. The molecule has 2 aromatic rings. The molecule has 0 spiro atoms. The van der Waals surface area contributed by atoms with Crippen LogP contribution in [-0.4, -0.2) is 4.98 Å². The summed E-state index contributed by atoms with van der Waals surface area (Å²) in [5.41, 5.74) is 0.243. The molecule has 1 heterocycles. The summed E-state index contributed by atoms with van der Waals surface area (Å²) >= 11 is 4.43. The van der Waals surface area contributed by atoms with E-state index in [-0.39, 0.29) is 5.56 Å². The van der Waals surface area contributed by atoms with Gasteiger partial charge in [-0.25, -0.2) is 13.8 Å². The second kappa shape index (κ2) is 3.74. The lowest BCUT2D eigenvalue weighted by molar-refractivity contribution is 0.589. The quantitative estimate of drug-likeness (QED) is 0.771. The first-order valence-corrected chi connectivity index (χ1v) is 5.41. The highest BCUT2D eigenvalue weighted by Gasteiger charge is 2.13. The minimum Gasteiger partial charge on any atom is -0.229 e. The Balaban J connectivity index is 2.61. The van der Waals surface area contributed by atoms with Gasteiger partial charge in [-0.3, -0.25) is 0 Å². The Morgan fingerprint density at radius 2 is 1.86 bits per heavy atom. The van der Waals surface area contributed by atoms with E-state index in [4.69, 9.17) is 0 Å². The van der Waals surface area contributed by atoms with Crippen LogP contribution in [0.4, 0.5) is 8.78 Å². The van der Waals surface area contributed by atoms with Crippen molar-refractivity contribution in [3.63, 3.8) is 0 Å². The molecule has 0 unspecified atom stereocenters. The fourth-order valence-corrected chi connectivity index (χ4v) is 2.11. The van der Waals surface area contributed by atoms with Gasteiger partial charge in [-0.15, -0.1) is 11.3 Å². The molecule has 0 atom stereocenters. The number of hydrogen-bond donors (Lipinski definition) is 0. The fourth-order valence-electron chi connectivity index (χ4n) is 1.11. The van der Waals surface area contributed by atoms with Crippen molar-refractivity contribution in [2.45, 2.75) is 0 Å². The Labute approximate surface area is 91.5 Å². The van der Waals surface area contributed by atoms with E-state index in [2.05, 4.69) is 20.9 Å². The van der Waals surface area contributed by atoms with Gasteiger partial charge in [0.25, 0.3) is 0 Å². The standard InChI is InChI=1S/C9H4BrF2NS/c10-9-13-7(4-14-9)8-5(11)2-1-3-6(8)12/h1-4H. The van der Waals surface area contributed by atoms with Crippen LogP contribution in [0.2, 0.25) is 0 Å². The number of halogens is 3. The van der Waals surface area contributed by atoms with Crippen molar-refractivity contribution in [2.75, 3.05) is 0 Å². The van der Waals surface area contributed by atoms with Crippen LogP contribution in [0.3, 0.4) is 0 Å². The van der Waals surface area contributed by atoms with E-state index < -0.39 is 11.6 Å². The molecule has 0 saturated carbocycles. The fraction of sp³-hybridized carbons (Fsp3) is 0. The molecule has 0 N–H and O–H groups in total. The summed E-state index contributed by atoms with van der Waals surface area (Å²) in [6, 6.07) is 3.76. The molecule has 0 bridgehead atoms. The van der Waals surface area contributed by atoms with Gasteiger partial charge in [0.1, 0.15) is 11.6 Å². The number of nitrogens with zero attached hydrogens (tertiary/aromatic N) is 1. The van der Waals surface area contributed by atoms with E-state index in [0.29, 0.717) is 9.61 Å². The first kappa shape index (κ1) is 9.73. The summed E-state index contributed by atoms with van der Waals surface area (Å²) in [5.74, 6) is -1.19. The second-order valence-electron chi connectivity index (χ2n) is 2.58. The zero-order valence-corrected chi connectivity index (χ0v) is 9.20. The molecule has 1 nitrogen and oxygen atoms in total. The average molecular weight is 276 g/mol. The van der Waals surface area contributed by atoms with Gasteiger partial charge < -0.3 is 0 Å². The van der Waals surface area contributed by atoms with Gasteiger partial charge in [0, 0.05) is 5.38 Å². The second-order valence-corrected chi connectivity index (χ2v) is 4.72. The lowest BCUT2D eigenvalue weighted by atomic mass is 10.1. The highest BCUT2D eigenvalue weighted by Crippen LogP contribution is 2.28. The molecule has 0 saturated heterocycles. The van der Waals surface area contributed by atoms with Crippen LogP contribution in [0.15, 0.2) is 27.5 Å². The summed E-state index contributed by atoms with van der Waals surface area (Å²) in [6.07, 6.45) is 0. The van der Waals surface area contributed by atoms with E-state index in [1.54, 1.807) is 5.38 Å². The molecule has 2 rings (SSSR count). The monoisotopic (exact) mass is 275 g/mol. The largest absolute Gasteiger partial charge is 0.229 e. The van der Waals surface area contributed by atoms with Crippen LogP contribution in [-0.2, 0) is 0 Å². The van der Waals surface area contributed by atoms with E-state index in [1.807, 2.05) is 0 Å².